The van der Waals surface area contributed by atoms with E-state index in [1.807, 2.05) is 54.6 Å². The smallest absolute Gasteiger partial charge is 0.346 e. The summed E-state index contributed by atoms with van der Waals surface area (Å²) in [4.78, 5) is 24.9. The summed E-state index contributed by atoms with van der Waals surface area (Å²) in [6, 6.07) is 17.2. The van der Waals surface area contributed by atoms with Crippen molar-refractivity contribution in [3.63, 3.8) is 0 Å². The minimum Gasteiger partial charge on any atom is -0.510 e. The molecule has 0 bridgehead atoms. The lowest BCUT2D eigenvalue weighted by molar-refractivity contribution is -0.141. The summed E-state index contributed by atoms with van der Waals surface area (Å²) in [5.41, 5.74) is 3.14. The molecule has 2 aromatic rings. The molecule has 27 heavy (non-hydrogen) atoms. The molecular formula is C22H21NO4. The van der Waals surface area contributed by atoms with E-state index in [0.29, 0.717) is 25.8 Å². The van der Waals surface area contributed by atoms with Crippen molar-refractivity contribution in [3.8, 4) is 0 Å². The summed E-state index contributed by atoms with van der Waals surface area (Å²) in [6.07, 6.45) is 0.742. The second kappa shape index (κ2) is 7.37. The van der Waals surface area contributed by atoms with Gasteiger partial charge in [0, 0.05) is 6.54 Å². The molecule has 2 heterocycles. The van der Waals surface area contributed by atoms with Crippen LogP contribution in [0.5, 0.6) is 0 Å². The number of carbonyl (C=O) groups excluding carboxylic acids is 2. The Morgan fingerprint density at radius 3 is 2.52 bits per heavy atom. The van der Waals surface area contributed by atoms with Gasteiger partial charge in [0.2, 0.25) is 5.78 Å². The van der Waals surface area contributed by atoms with Crippen molar-refractivity contribution in [1.82, 2.24) is 5.32 Å². The standard InChI is InChI=1S/C22H21NO4/c24-20(17-12-15-8-4-5-9-16(15)13-23-17)19-21(25)18(27-22(19)26)11-10-14-6-2-1-3-7-14/h1-9,17-18,23-24H,10-13H2/b20-19+/t17-,18+/m0/s1. The van der Waals surface area contributed by atoms with Gasteiger partial charge in [0.25, 0.3) is 0 Å². The molecule has 2 aliphatic rings. The van der Waals surface area contributed by atoms with Crippen LogP contribution < -0.4 is 5.32 Å². The SMILES string of the molecule is O=C1O[C@H](CCc2ccccc2)C(=O)/C1=C(\O)[C@@H]1Cc2ccccc2CN1. The van der Waals surface area contributed by atoms with E-state index in [-0.39, 0.29) is 11.3 Å². The number of ether oxygens (including phenoxy) is 1. The summed E-state index contributed by atoms with van der Waals surface area (Å²) >= 11 is 0. The molecule has 4 rings (SSSR count). The molecule has 5 nitrogen and oxygen atoms in total. The fourth-order valence-corrected chi connectivity index (χ4v) is 3.69. The first-order valence-corrected chi connectivity index (χ1v) is 9.16. The maximum atomic E-state index is 12.7. The number of benzene rings is 2. The van der Waals surface area contributed by atoms with Crippen LogP contribution in [-0.2, 0) is 33.7 Å². The monoisotopic (exact) mass is 363 g/mol. The zero-order valence-corrected chi connectivity index (χ0v) is 14.9. The average molecular weight is 363 g/mol. The van der Waals surface area contributed by atoms with Crippen molar-refractivity contribution in [1.29, 1.82) is 0 Å². The molecule has 0 unspecified atom stereocenters. The number of aliphatic hydroxyl groups excluding tert-OH is 1. The van der Waals surface area contributed by atoms with Gasteiger partial charge in [0.15, 0.2) is 6.10 Å². The van der Waals surface area contributed by atoms with Crippen LogP contribution in [-0.4, -0.2) is 29.0 Å². The Balaban J connectivity index is 1.49. The maximum Gasteiger partial charge on any atom is 0.346 e. The molecule has 0 radical (unpaired) electrons. The molecule has 5 heteroatoms. The molecule has 2 aromatic carbocycles. The number of cyclic esters (lactones) is 1. The number of nitrogens with one attached hydrogen (secondary N) is 1. The summed E-state index contributed by atoms with van der Waals surface area (Å²) in [5, 5.41) is 13.8. The van der Waals surface area contributed by atoms with Crippen LogP contribution in [0, 0.1) is 0 Å². The van der Waals surface area contributed by atoms with E-state index in [1.165, 1.54) is 0 Å². The lowest BCUT2D eigenvalue weighted by atomic mass is 9.92. The third-order valence-electron chi connectivity index (χ3n) is 5.20. The second-order valence-corrected chi connectivity index (χ2v) is 6.95. The zero-order valence-electron chi connectivity index (χ0n) is 14.9. The highest BCUT2D eigenvalue weighted by Crippen LogP contribution is 2.27. The first kappa shape index (κ1) is 17.5. The molecule has 0 aliphatic carbocycles. The second-order valence-electron chi connectivity index (χ2n) is 6.95. The number of aliphatic hydroxyl groups is 1. The van der Waals surface area contributed by atoms with E-state index < -0.39 is 23.9 Å². The number of aryl methyl sites for hydroxylation is 1. The van der Waals surface area contributed by atoms with Crippen LogP contribution in [0.25, 0.3) is 0 Å². The fourth-order valence-electron chi connectivity index (χ4n) is 3.69. The predicted octanol–water partition coefficient (Wildman–Crippen LogP) is 2.64. The number of hydrogen-bond donors (Lipinski definition) is 2. The molecule has 1 fully saturated rings. The van der Waals surface area contributed by atoms with Crippen LogP contribution in [0.2, 0.25) is 0 Å². The first-order valence-electron chi connectivity index (χ1n) is 9.16. The van der Waals surface area contributed by atoms with E-state index in [9.17, 15) is 14.7 Å². The summed E-state index contributed by atoms with van der Waals surface area (Å²) in [5.74, 6) is -1.35. The molecule has 138 valence electrons. The van der Waals surface area contributed by atoms with Crippen molar-refractivity contribution in [2.24, 2.45) is 0 Å². The highest BCUT2D eigenvalue weighted by molar-refractivity contribution is 6.23. The number of fused-ring (bicyclic) bond motifs is 1. The Kier molecular flexibility index (Phi) is 4.77. The molecular weight excluding hydrogens is 342 g/mol. The fraction of sp³-hybridized carbons (Fsp3) is 0.273. The van der Waals surface area contributed by atoms with Gasteiger partial charge in [-0.3, -0.25) is 4.79 Å². The predicted molar refractivity (Wildman–Crippen MR) is 100 cm³/mol. The van der Waals surface area contributed by atoms with E-state index >= 15 is 0 Å². The molecule has 0 amide bonds. The van der Waals surface area contributed by atoms with Gasteiger partial charge in [-0.15, -0.1) is 0 Å². The Bertz CT molecular complexity index is 904. The van der Waals surface area contributed by atoms with E-state index in [4.69, 9.17) is 4.74 Å². The van der Waals surface area contributed by atoms with Gasteiger partial charge in [-0.05, 0) is 36.0 Å². The molecule has 2 N–H and O–H groups in total. The largest absolute Gasteiger partial charge is 0.510 e. The number of Topliss-reactive ketones (excluding diaryl/α,β-unsaturated/α-hetero) is 1. The third-order valence-corrected chi connectivity index (χ3v) is 5.20. The lowest BCUT2D eigenvalue weighted by Crippen LogP contribution is -2.38. The summed E-state index contributed by atoms with van der Waals surface area (Å²) in [7, 11) is 0. The van der Waals surface area contributed by atoms with Gasteiger partial charge in [-0.1, -0.05) is 54.6 Å². The van der Waals surface area contributed by atoms with Gasteiger partial charge in [-0.2, -0.15) is 0 Å². The van der Waals surface area contributed by atoms with Gasteiger partial charge in [-0.25, -0.2) is 4.79 Å². The molecule has 0 aromatic heterocycles. The number of carbonyl (C=O) groups is 2. The Labute approximate surface area is 157 Å². The Hall–Kier alpha value is -2.92. The van der Waals surface area contributed by atoms with E-state index in [0.717, 1.165) is 16.7 Å². The van der Waals surface area contributed by atoms with Crippen molar-refractivity contribution in [2.75, 3.05) is 0 Å². The van der Waals surface area contributed by atoms with Crippen molar-refractivity contribution >= 4 is 11.8 Å². The van der Waals surface area contributed by atoms with E-state index in [1.54, 1.807) is 0 Å². The van der Waals surface area contributed by atoms with Gasteiger partial charge in [0.1, 0.15) is 11.3 Å². The molecule has 2 atom stereocenters. The number of rotatable bonds is 4. The molecule has 1 saturated heterocycles. The average Bonchev–Trinajstić information content (AvgIpc) is 2.99. The van der Waals surface area contributed by atoms with Crippen molar-refractivity contribution < 1.29 is 19.4 Å². The highest BCUT2D eigenvalue weighted by atomic mass is 16.6. The summed E-state index contributed by atoms with van der Waals surface area (Å²) < 4.78 is 5.26. The Morgan fingerprint density at radius 1 is 1.04 bits per heavy atom. The quantitative estimate of drug-likeness (QED) is 0.378. The van der Waals surface area contributed by atoms with Gasteiger partial charge < -0.3 is 15.2 Å². The minimum absolute atomic E-state index is 0.204. The third kappa shape index (κ3) is 3.51. The van der Waals surface area contributed by atoms with Crippen molar-refractivity contribution in [3.05, 3.63) is 82.6 Å². The summed E-state index contributed by atoms with van der Waals surface area (Å²) in [6.45, 7) is 0.582. The van der Waals surface area contributed by atoms with E-state index in [2.05, 4.69) is 5.32 Å². The first-order chi connectivity index (χ1) is 13.1. The molecule has 2 aliphatic heterocycles. The van der Waals surface area contributed by atoms with Gasteiger partial charge in [0.05, 0.1) is 6.04 Å². The lowest BCUT2D eigenvalue weighted by Gasteiger charge is -2.26. The van der Waals surface area contributed by atoms with Crippen LogP contribution in [0.4, 0.5) is 0 Å². The van der Waals surface area contributed by atoms with Gasteiger partial charge >= 0.3 is 5.97 Å². The molecule has 0 saturated carbocycles. The number of ketones is 1. The molecule has 0 spiro atoms. The Morgan fingerprint density at radius 2 is 1.74 bits per heavy atom. The van der Waals surface area contributed by atoms with Crippen LogP contribution in [0.3, 0.4) is 0 Å². The van der Waals surface area contributed by atoms with Crippen molar-refractivity contribution in [2.45, 2.75) is 38.0 Å². The maximum absolute atomic E-state index is 12.7. The number of hydrogen-bond acceptors (Lipinski definition) is 5. The number of esters is 1. The van der Waals surface area contributed by atoms with Crippen LogP contribution >= 0.6 is 0 Å². The van der Waals surface area contributed by atoms with Crippen LogP contribution in [0.15, 0.2) is 65.9 Å². The normalized spacial score (nSPS) is 23.7. The topological polar surface area (TPSA) is 75.6 Å². The van der Waals surface area contributed by atoms with Crippen LogP contribution in [0.1, 0.15) is 23.1 Å². The zero-order chi connectivity index (χ0) is 18.8. The minimum atomic E-state index is -0.828. The highest BCUT2D eigenvalue weighted by Gasteiger charge is 2.42.